The molecule has 3 rings (SSSR count). The SMILES string of the molecule is CCCn1nccc1NC(=O)c1cc(-c2ccccn2)ccc1Cl. The number of carbonyl (C=O) groups excluding carboxylic acids is 1. The lowest BCUT2D eigenvalue weighted by Crippen LogP contribution is -2.16. The van der Waals surface area contributed by atoms with E-state index in [1.54, 1.807) is 35.3 Å². The van der Waals surface area contributed by atoms with Crippen LogP contribution in [0.25, 0.3) is 11.3 Å². The smallest absolute Gasteiger partial charge is 0.258 e. The molecule has 2 aromatic heterocycles. The van der Waals surface area contributed by atoms with Gasteiger partial charge in [0, 0.05) is 24.4 Å². The number of hydrogen-bond acceptors (Lipinski definition) is 3. The number of rotatable bonds is 5. The van der Waals surface area contributed by atoms with Gasteiger partial charge in [-0.1, -0.05) is 30.7 Å². The van der Waals surface area contributed by atoms with Crippen molar-refractivity contribution in [3.05, 3.63) is 65.4 Å². The van der Waals surface area contributed by atoms with Gasteiger partial charge in [-0.3, -0.25) is 9.78 Å². The van der Waals surface area contributed by atoms with Gasteiger partial charge in [0.15, 0.2) is 0 Å². The third-order valence-electron chi connectivity index (χ3n) is 3.57. The predicted molar refractivity (Wildman–Crippen MR) is 95.2 cm³/mol. The number of nitrogens with one attached hydrogen (secondary N) is 1. The van der Waals surface area contributed by atoms with Crippen LogP contribution in [0.5, 0.6) is 0 Å². The van der Waals surface area contributed by atoms with Crippen LogP contribution in [0.15, 0.2) is 54.9 Å². The number of pyridine rings is 1. The highest BCUT2D eigenvalue weighted by Crippen LogP contribution is 2.24. The highest BCUT2D eigenvalue weighted by atomic mass is 35.5. The Hall–Kier alpha value is -2.66. The number of nitrogens with zero attached hydrogens (tertiary/aromatic N) is 3. The van der Waals surface area contributed by atoms with Crippen molar-refractivity contribution in [1.29, 1.82) is 0 Å². The van der Waals surface area contributed by atoms with Crippen LogP contribution in [0.4, 0.5) is 5.82 Å². The highest BCUT2D eigenvalue weighted by molar-refractivity contribution is 6.34. The molecule has 2 heterocycles. The van der Waals surface area contributed by atoms with Gasteiger partial charge in [0.05, 0.1) is 22.5 Å². The minimum absolute atomic E-state index is 0.268. The van der Waals surface area contributed by atoms with Crippen molar-refractivity contribution in [3.63, 3.8) is 0 Å². The zero-order valence-electron chi connectivity index (χ0n) is 13.2. The zero-order chi connectivity index (χ0) is 16.9. The van der Waals surface area contributed by atoms with Crippen LogP contribution in [0, 0.1) is 0 Å². The number of halogens is 1. The van der Waals surface area contributed by atoms with Crippen LogP contribution in [0.1, 0.15) is 23.7 Å². The number of benzene rings is 1. The van der Waals surface area contributed by atoms with Crippen molar-refractivity contribution >= 4 is 23.3 Å². The molecule has 122 valence electrons. The minimum Gasteiger partial charge on any atom is -0.307 e. The van der Waals surface area contributed by atoms with Crippen LogP contribution in [-0.2, 0) is 6.54 Å². The summed E-state index contributed by atoms with van der Waals surface area (Å²) >= 11 is 6.22. The second kappa shape index (κ2) is 7.27. The molecule has 0 spiro atoms. The molecule has 3 aromatic rings. The second-order valence-electron chi connectivity index (χ2n) is 5.30. The summed E-state index contributed by atoms with van der Waals surface area (Å²) in [6.07, 6.45) is 4.31. The van der Waals surface area contributed by atoms with Crippen molar-refractivity contribution in [2.24, 2.45) is 0 Å². The lowest BCUT2D eigenvalue weighted by atomic mass is 10.1. The fourth-order valence-corrected chi connectivity index (χ4v) is 2.61. The Labute approximate surface area is 145 Å². The number of amides is 1. The quantitative estimate of drug-likeness (QED) is 0.754. The van der Waals surface area contributed by atoms with Crippen LogP contribution >= 0.6 is 11.6 Å². The Morgan fingerprint density at radius 1 is 1.21 bits per heavy atom. The fourth-order valence-electron chi connectivity index (χ4n) is 2.40. The Balaban J connectivity index is 1.88. The summed E-state index contributed by atoms with van der Waals surface area (Å²) in [4.78, 5) is 16.9. The highest BCUT2D eigenvalue weighted by Gasteiger charge is 2.14. The molecule has 0 saturated carbocycles. The summed E-state index contributed by atoms with van der Waals surface area (Å²) in [5.41, 5.74) is 2.04. The van der Waals surface area contributed by atoms with Gasteiger partial charge in [0.1, 0.15) is 5.82 Å². The number of hydrogen-bond donors (Lipinski definition) is 1. The van der Waals surface area contributed by atoms with Gasteiger partial charge in [-0.15, -0.1) is 0 Å². The lowest BCUT2D eigenvalue weighted by Gasteiger charge is -2.10. The van der Waals surface area contributed by atoms with E-state index >= 15 is 0 Å². The van der Waals surface area contributed by atoms with Gasteiger partial charge >= 0.3 is 0 Å². The monoisotopic (exact) mass is 340 g/mol. The summed E-state index contributed by atoms with van der Waals surface area (Å²) in [6.45, 7) is 2.80. The first-order valence-corrected chi connectivity index (χ1v) is 8.11. The average Bonchev–Trinajstić information content (AvgIpc) is 3.03. The first-order chi connectivity index (χ1) is 11.7. The molecular formula is C18H17ClN4O. The maximum Gasteiger partial charge on any atom is 0.258 e. The third kappa shape index (κ3) is 3.46. The summed E-state index contributed by atoms with van der Waals surface area (Å²) in [5.74, 6) is 0.386. The molecule has 0 radical (unpaired) electrons. The van der Waals surface area contributed by atoms with Crippen LogP contribution in [-0.4, -0.2) is 20.7 Å². The van der Waals surface area contributed by atoms with Crippen molar-refractivity contribution < 1.29 is 4.79 Å². The van der Waals surface area contributed by atoms with Gasteiger partial charge in [0.25, 0.3) is 5.91 Å². The van der Waals surface area contributed by atoms with Gasteiger partial charge in [-0.25, -0.2) is 4.68 Å². The van der Waals surface area contributed by atoms with Gasteiger partial charge in [-0.05, 0) is 30.7 Å². The van der Waals surface area contributed by atoms with E-state index in [0.29, 0.717) is 16.4 Å². The molecule has 0 aliphatic rings. The van der Waals surface area contributed by atoms with Gasteiger partial charge < -0.3 is 5.32 Å². The molecule has 0 saturated heterocycles. The third-order valence-corrected chi connectivity index (χ3v) is 3.89. The van der Waals surface area contributed by atoms with Crippen molar-refractivity contribution in [1.82, 2.24) is 14.8 Å². The normalized spacial score (nSPS) is 10.6. The summed E-state index contributed by atoms with van der Waals surface area (Å²) in [5, 5.41) is 7.46. The predicted octanol–water partition coefficient (Wildman–Crippen LogP) is 4.26. The number of aryl methyl sites for hydroxylation is 1. The van der Waals surface area contributed by atoms with Crippen molar-refractivity contribution in [2.45, 2.75) is 19.9 Å². The summed E-state index contributed by atoms with van der Waals surface area (Å²) < 4.78 is 1.76. The molecule has 1 aromatic carbocycles. The van der Waals surface area contributed by atoms with E-state index in [4.69, 9.17) is 11.6 Å². The van der Waals surface area contributed by atoms with Gasteiger partial charge in [-0.2, -0.15) is 5.10 Å². The first kappa shape index (κ1) is 16.2. The Bertz CT molecular complexity index is 845. The van der Waals surface area contributed by atoms with E-state index in [-0.39, 0.29) is 5.91 Å². The molecule has 0 fully saturated rings. The van der Waals surface area contributed by atoms with E-state index < -0.39 is 0 Å². The van der Waals surface area contributed by atoms with E-state index in [9.17, 15) is 4.79 Å². The maximum absolute atomic E-state index is 12.6. The Morgan fingerprint density at radius 2 is 2.08 bits per heavy atom. The molecule has 1 amide bonds. The Kier molecular flexibility index (Phi) is 4.91. The maximum atomic E-state index is 12.6. The van der Waals surface area contributed by atoms with E-state index in [2.05, 4.69) is 22.3 Å². The molecule has 0 unspecified atom stereocenters. The van der Waals surface area contributed by atoms with Gasteiger partial charge in [0.2, 0.25) is 0 Å². The van der Waals surface area contributed by atoms with Crippen molar-refractivity contribution in [3.8, 4) is 11.3 Å². The molecule has 24 heavy (non-hydrogen) atoms. The molecule has 6 heteroatoms. The van der Waals surface area contributed by atoms with Crippen molar-refractivity contribution in [2.75, 3.05) is 5.32 Å². The van der Waals surface area contributed by atoms with E-state index in [1.807, 2.05) is 24.3 Å². The molecule has 5 nitrogen and oxygen atoms in total. The Morgan fingerprint density at radius 3 is 2.83 bits per heavy atom. The largest absolute Gasteiger partial charge is 0.307 e. The van der Waals surface area contributed by atoms with Crippen LogP contribution in [0.2, 0.25) is 5.02 Å². The summed E-state index contributed by atoms with van der Waals surface area (Å²) in [6, 6.07) is 12.7. The molecule has 1 N–H and O–H groups in total. The standard InChI is InChI=1S/C18H17ClN4O/c1-2-11-23-17(8-10-21-23)22-18(24)14-12-13(6-7-15(14)19)16-5-3-4-9-20-16/h3-10,12H,2,11H2,1H3,(H,22,24). The molecule has 0 atom stereocenters. The fraction of sp³-hybridized carbons (Fsp3) is 0.167. The molecule has 0 aliphatic carbocycles. The van der Waals surface area contributed by atoms with E-state index in [1.165, 1.54) is 0 Å². The minimum atomic E-state index is -0.268. The summed E-state index contributed by atoms with van der Waals surface area (Å²) in [7, 11) is 0. The second-order valence-corrected chi connectivity index (χ2v) is 5.71. The lowest BCUT2D eigenvalue weighted by molar-refractivity contribution is 0.102. The average molecular weight is 341 g/mol. The number of aromatic nitrogens is 3. The topological polar surface area (TPSA) is 59.8 Å². The molecule has 0 bridgehead atoms. The number of carbonyl (C=O) groups is 1. The van der Waals surface area contributed by atoms with E-state index in [0.717, 1.165) is 24.2 Å². The molecule has 0 aliphatic heterocycles. The first-order valence-electron chi connectivity index (χ1n) is 7.73. The number of anilines is 1. The zero-order valence-corrected chi connectivity index (χ0v) is 14.0. The molecular weight excluding hydrogens is 324 g/mol. The van der Waals surface area contributed by atoms with Crippen LogP contribution in [0.3, 0.4) is 0 Å². The van der Waals surface area contributed by atoms with Crippen LogP contribution < -0.4 is 5.32 Å².